The van der Waals surface area contributed by atoms with Crippen LogP contribution in [0.1, 0.15) is 6.92 Å². The highest BCUT2D eigenvalue weighted by Gasteiger charge is 1.88. The second-order valence-corrected chi connectivity index (χ2v) is 2.49. The lowest BCUT2D eigenvalue weighted by Gasteiger charge is -2.04. The van der Waals surface area contributed by atoms with E-state index < -0.39 is 0 Å². The molecule has 0 saturated carbocycles. The molecular weight excluding hydrogens is 180 g/mol. The summed E-state index contributed by atoms with van der Waals surface area (Å²) in [6, 6.07) is 0. The average molecular weight is 197 g/mol. The van der Waals surface area contributed by atoms with Gasteiger partial charge in [-0.3, -0.25) is 0 Å². The van der Waals surface area contributed by atoms with Crippen molar-refractivity contribution in [3.63, 3.8) is 0 Å². The number of halogens is 1. The van der Waals surface area contributed by atoms with Crippen molar-refractivity contribution in [2.45, 2.75) is 6.92 Å². The number of rotatable bonds is 9. The monoisotopic (exact) mass is 196 g/mol. The minimum atomic E-state index is 0.541. The Morgan fingerprint density at radius 3 is 1.83 bits per heavy atom. The van der Waals surface area contributed by atoms with Crippen molar-refractivity contribution >= 4 is 11.6 Å². The molecule has 0 amide bonds. The lowest BCUT2D eigenvalue weighted by atomic mass is 10.7. The van der Waals surface area contributed by atoms with Gasteiger partial charge in [-0.05, 0) is 6.92 Å². The molecule has 0 heterocycles. The Bertz CT molecular complexity index is 70.7. The molecule has 0 aromatic carbocycles. The topological polar surface area (TPSA) is 27.7 Å². The van der Waals surface area contributed by atoms with Crippen LogP contribution in [-0.2, 0) is 14.2 Å². The van der Waals surface area contributed by atoms with Gasteiger partial charge in [0.1, 0.15) is 0 Å². The molecule has 74 valence electrons. The summed E-state index contributed by atoms with van der Waals surface area (Å²) in [6.07, 6.45) is 0. The van der Waals surface area contributed by atoms with Gasteiger partial charge in [-0.2, -0.15) is 0 Å². The van der Waals surface area contributed by atoms with Crippen molar-refractivity contribution in [2.24, 2.45) is 0 Å². The van der Waals surface area contributed by atoms with Gasteiger partial charge in [0.15, 0.2) is 0 Å². The zero-order chi connectivity index (χ0) is 9.07. The molecule has 0 aliphatic carbocycles. The molecule has 0 aromatic heterocycles. The smallest absolute Gasteiger partial charge is 0.0701 e. The molecule has 0 spiro atoms. The van der Waals surface area contributed by atoms with Gasteiger partial charge in [0, 0.05) is 12.5 Å². The Morgan fingerprint density at radius 2 is 1.33 bits per heavy atom. The van der Waals surface area contributed by atoms with Crippen LogP contribution in [0.3, 0.4) is 0 Å². The second kappa shape index (κ2) is 11.2. The van der Waals surface area contributed by atoms with Crippen LogP contribution in [0.15, 0.2) is 0 Å². The van der Waals surface area contributed by atoms with Crippen molar-refractivity contribution in [3.8, 4) is 0 Å². The van der Waals surface area contributed by atoms with E-state index in [-0.39, 0.29) is 0 Å². The molecule has 0 saturated heterocycles. The molecule has 12 heavy (non-hydrogen) atoms. The van der Waals surface area contributed by atoms with Crippen LogP contribution in [-0.4, -0.2) is 45.5 Å². The number of ether oxygens (including phenoxy) is 3. The standard InChI is InChI=1S/C8H17ClO3/c1-2-10-5-6-12-8-7-11-4-3-9/h2-8H2,1H3. The van der Waals surface area contributed by atoms with E-state index in [0.717, 1.165) is 6.61 Å². The predicted octanol–water partition coefficient (Wildman–Crippen LogP) is 1.29. The molecule has 0 rings (SSSR count). The van der Waals surface area contributed by atoms with E-state index in [1.807, 2.05) is 6.92 Å². The SMILES string of the molecule is CCOCCOCCOCCCl. The highest BCUT2D eigenvalue weighted by atomic mass is 35.5. The summed E-state index contributed by atoms with van der Waals surface area (Å²) in [5.41, 5.74) is 0. The second-order valence-electron chi connectivity index (χ2n) is 2.11. The largest absolute Gasteiger partial charge is 0.379 e. The van der Waals surface area contributed by atoms with Crippen molar-refractivity contribution < 1.29 is 14.2 Å². The summed E-state index contributed by atoms with van der Waals surface area (Å²) >= 11 is 5.40. The summed E-state index contributed by atoms with van der Waals surface area (Å²) < 4.78 is 15.4. The summed E-state index contributed by atoms with van der Waals surface area (Å²) in [5, 5.41) is 0. The highest BCUT2D eigenvalue weighted by molar-refractivity contribution is 6.17. The van der Waals surface area contributed by atoms with Gasteiger partial charge in [0.25, 0.3) is 0 Å². The van der Waals surface area contributed by atoms with Crippen molar-refractivity contribution in [2.75, 3.05) is 45.5 Å². The van der Waals surface area contributed by atoms with E-state index in [2.05, 4.69) is 0 Å². The molecule has 0 radical (unpaired) electrons. The fourth-order valence-electron chi connectivity index (χ4n) is 0.639. The van der Waals surface area contributed by atoms with Gasteiger partial charge in [-0.25, -0.2) is 0 Å². The Labute approximate surface area is 78.9 Å². The first-order chi connectivity index (χ1) is 5.91. The van der Waals surface area contributed by atoms with Crippen molar-refractivity contribution in [1.29, 1.82) is 0 Å². The molecule has 0 bridgehead atoms. The maximum Gasteiger partial charge on any atom is 0.0701 e. The summed E-state index contributed by atoms with van der Waals surface area (Å²) in [7, 11) is 0. The van der Waals surface area contributed by atoms with Gasteiger partial charge in [0.05, 0.1) is 33.0 Å². The third kappa shape index (κ3) is 10.2. The fraction of sp³-hybridized carbons (Fsp3) is 1.00. The summed E-state index contributed by atoms with van der Waals surface area (Å²) in [6.45, 7) is 5.82. The Kier molecular flexibility index (Phi) is 11.3. The molecule has 0 fully saturated rings. The summed E-state index contributed by atoms with van der Waals surface area (Å²) in [4.78, 5) is 0. The van der Waals surface area contributed by atoms with Gasteiger partial charge >= 0.3 is 0 Å². The Balaban J connectivity index is 2.73. The van der Waals surface area contributed by atoms with E-state index in [0.29, 0.717) is 38.9 Å². The molecule has 0 aromatic rings. The van der Waals surface area contributed by atoms with E-state index in [1.54, 1.807) is 0 Å². The molecule has 0 N–H and O–H groups in total. The van der Waals surface area contributed by atoms with Crippen LogP contribution in [0.5, 0.6) is 0 Å². The minimum Gasteiger partial charge on any atom is -0.379 e. The van der Waals surface area contributed by atoms with Crippen LogP contribution >= 0.6 is 11.6 Å². The highest BCUT2D eigenvalue weighted by Crippen LogP contribution is 1.82. The minimum absolute atomic E-state index is 0.541. The molecule has 3 nitrogen and oxygen atoms in total. The molecular formula is C8H17ClO3. The van der Waals surface area contributed by atoms with Crippen LogP contribution in [0.4, 0.5) is 0 Å². The molecule has 0 unspecified atom stereocenters. The van der Waals surface area contributed by atoms with Crippen molar-refractivity contribution in [3.05, 3.63) is 0 Å². The quantitative estimate of drug-likeness (QED) is 0.411. The first-order valence-corrected chi connectivity index (χ1v) is 4.74. The third-order valence-corrected chi connectivity index (χ3v) is 1.32. The van der Waals surface area contributed by atoms with Crippen LogP contribution < -0.4 is 0 Å². The van der Waals surface area contributed by atoms with Gasteiger partial charge in [-0.1, -0.05) is 0 Å². The number of alkyl halides is 1. The van der Waals surface area contributed by atoms with E-state index >= 15 is 0 Å². The Hall–Kier alpha value is 0.170. The van der Waals surface area contributed by atoms with Crippen LogP contribution in [0, 0.1) is 0 Å². The van der Waals surface area contributed by atoms with E-state index in [4.69, 9.17) is 25.8 Å². The fourth-order valence-corrected chi connectivity index (χ4v) is 0.748. The normalized spacial score (nSPS) is 10.5. The predicted molar refractivity (Wildman–Crippen MR) is 48.9 cm³/mol. The maximum atomic E-state index is 5.40. The zero-order valence-corrected chi connectivity index (χ0v) is 8.31. The molecule has 0 aliphatic rings. The van der Waals surface area contributed by atoms with Crippen molar-refractivity contribution in [1.82, 2.24) is 0 Å². The maximum absolute atomic E-state index is 5.40. The first-order valence-electron chi connectivity index (χ1n) is 4.21. The first kappa shape index (κ1) is 12.2. The molecule has 0 atom stereocenters. The molecule has 0 aliphatic heterocycles. The van der Waals surface area contributed by atoms with Crippen LogP contribution in [0.25, 0.3) is 0 Å². The van der Waals surface area contributed by atoms with Crippen LogP contribution in [0.2, 0.25) is 0 Å². The number of hydrogen-bond acceptors (Lipinski definition) is 3. The van der Waals surface area contributed by atoms with E-state index in [9.17, 15) is 0 Å². The lowest BCUT2D eigenvalue weighted by Crippen LogP contribution is -2.09. The summed E-state index contributed by atoms with van der Waals surface area (Å²) in [5.74, 6) is 0.541. The average Bonchev–Trinajstić information content (AvgIpc) is 2.10. The zero-order valence-electron chi connectivity index (χ0n) is 7.55. The molecule has 4 heteroatoms. The lowest BCUT2D eigenvalue weighted by molar-refractivity contribution is 0.0199. The third-order valence-electron chi connectivity index (χ3n) is 1.17. The number of hydrogen-bond donors (Lipinski definition) is 0. The van der Waals surface area contributed by atoms with Gasteiger partial charge in [-0.15, -0.1) is 11.6 Å². The van der Waals surface area contributed by atoms with Gasteiger partial charge in [0.2, 0.25) is 0 Å². The Morgan fingerprint density at radius 1 is 0.833 bits per heavy atom. The van der Waals surface area contributed by atoms with Gasteiger partial charge < -0.3 is 14.2 Å². The van der Waals surface area contributed by atoms with E-state index in [1.165, 1.54) is 0 Å².